The number of sulfonamides is 1. The van der Waals surface area contributed by atoms with Crippen molar-refractivity contribution in [3.05, 3.63) is 29.6 Å². The minimum atomic E-state index is -4.19. The Morgan fingerprint density at radius 3 is 2.55 bits per heavy atom. The van der Waals surface area contributed by atoms with Crippen LogP contribution in [0.2, 0.25) is 0 Å². The van der Waals surface area contributed by atoms with Crippen LogP contribution in [-0.4, -0.2) is 20.4 Å². The monoisotopic (exact) mass is 302 g/mol. The average molecular weight is 302 g/mol. The first-order valence-corrected chi connectivity index (χ1v) is 7.97. The topological polar surface area (TPSA) is 89.3 Å². The summed E-state index contributed by atoms with van der Waals surface area (Å²) in [5.74, 6) is -1.40. The molecule has 3 N–H and O–H groups in total. The zero-order valence-corrected chi connectivity index (χ0v) is 12.3. The first-order chi connectivity index (χ1) is 9.29. The molecule has 0 aliphatic heterocycles. The standard InChI is InChI=1S/C13H19FN2O3S/c1-3-5-10(4-2)16-13(17)9-6-7-11(14)12(8-9)20(15,18)19/h6-8,10H,3-5H2,1-2H3,(H,16,17)(H2,15,18,19). The van der Waals surface area contributed by atoms with Gasteiger partial charge in [0.25, 0.3) is 5.91 Å². The largest absolute Gasteiger partial charge is 0.349 e. The summed E-state index contributed by atoms with van der Waals surface area (Å²) in [6.07, 6.45) is 2.51. The first-order valence-electron chi connectivity index (χ1n) is 6.42. The lowest BCUT2D eigenvalue weighted by Crippen LogP contribution is -2.34. The molecule has 1 atom stereocenters. The molecule has 0 fully saturated rings. The number of hydrogen-bond acceptors (Lipinski definition) is 3. The Kier molecular flexibility index (Phi) is 5.64. The molecule has 20 heavy (non-hydrogen) atoms. The van der Waals surface area contributed by atoms with E-state index in [4.69, 9.17) is 5.14 Å². The van der Waals surface area contributed by atoms with Crippen LogP contribution >= 0.6 is 0 Å². The van der Waals surface area contributed by atoms with Gasteiger partial charge >= 0.3 is 0 Å². The number of nitrogens with two attached hydrogens (primary N) is 1. The fraction of sp³-hybridized carbons (Fsp3) is 0.462. The fourth-order valence-electron chi connectivity index (χ4n) is 1.86. The third-order valence-corrected chi connectivity index (χ3v) is 3.89. The summed E-state index contributed by atoms with van der Waals surface area (Å²) in [7, 11) is -4.19. The highest BCUT2D eigenvalue weighted by atomic mass is 32.2. The minimum absolute atomic E-state index is 0.00971. The Hall–Kier alpha value is -1.47. The van der Waals surface area contributed by atoms with Gasteiger partial charge in [-0.1, -0.05) is 20.3 Å². The quantitative estimate of drug-likeness (QED) is 0.839. The smallest absolute Gasteiger partial charge is 0.251 e. The lowest BCUT2D eigenvalue weighted by Gasteiger charge is -2.16. The number of amides is 1. The number of carbonyl (C=O) groups excluding carboxylic acids is 1. The molecule has 0 bridgehead atoms. The van der Waals surface area contributed by atoms with Gasteiger partial charge in [-0.25, -0.2) is 17.9 Å². The highest BCUT2D eigenvalue weighted by molar-refractivity contribution is 7.89. The second kappa shape index (κ2) is 6.81. The van der Waals surface area contributed by atoms with Crippen LogP contribution in [0.25, 0.3) is 0 Å². The molecule has 1 amide bonds. The van der Waals surface area contributed by atoms with Crippen molar-refractivity contribution in [3.63, 3.8) is 0 Å². The Morgan fingerprint density at radius 2 is 2.05 bits per heavy atom. The lowest BCUT2D eigenvalue weighted by atomic mass is 10.1. The maximum atomic E-state index is 13.4. The highest BCUT2D eigenvalue weighted by Crippen LogP contribution is 2.15. The van der Waals surface area contributed by atoms with Crippen molar-refractivity contribution in [1.29, 1.82) is 0 Å². The second-order valence-corrected chi connectivity index (χ2v) is 6.09. The van der Waals surface area contributed by atoms with E-state index in [0.29, 0.717) is 0 Å². The Bertz CT molecular complexity index is 587. The molecule has 0 aliphatic rings. The summed E-state index contributed by atoms with van der Waals surface area (Å²) in [6.45, 7) is 3.95. The molecule has 0 aliphatic carbocycles. The van der Waals surface area contributed by atoms with Gasteiger partial charge in [-0.15, -0.1) is 0 Å². The van der Waals surface area contributed by atoms with E-state index >= 15 is 0 Å². The van der Waals surface area contributed by atoms with Gasteiger partial charge in [0.05, 0.1) is 0 Å². The van der Waals surface area contributed by atoms with E-state index in [2.05, 4.69) is 5.32 Å². The number of halogens is 1. The van der Waals surface area contributed by atoms with Gasteiger partial charge in [0.2, 0.25) is 10.0 Å². The number of primary sulfonamides is 1. The van der Waals surface area contributed by atoms with Crippen molar-refractivity contribution in [3.8, 4) is 0 Å². The molecule has 1 aromatic rings. The van der Waals surface area contributed by atoms with Crippen LogP contribution in [0.3, 0.4) is 0 Å². The van der Waals surface area contributed by atoms with Crippen LogP contribution in [0.15, 0.2) is 23.1 Å². The van der Waals surface area contributed by atoms with E-state index < -0.39 is 26.6 Å². The summed E-state index contributed by atoms with van der Waals surface area (Å²) in [6, 6.07) is 3.13. The van der Waals surface area contributed by atoms with Crippen molar-refractivity contribution < 1.29 is 17.6 Å². The third-order valence-electron chi connectivity index (χ3n) is 2.97. The number of benzene rings is 1. The van der Waals surface area contributed by atoms with Gasteiger partial charge in [0, 0.05) is 11.6 Å². The number of nitrogens with one attached hydrogen (secondary N) is 1. The number of rotatable bonds is 6. The summed E-state index contributed by atoms with van der Waals surface area (Å²) >= 11 is 0. The van der Waals surface area contributed by atoms with Crippen LogP contribution in [0.4, 0.5) is 4.39 Å². The predicted octanol–water partition coefficient (Wildman–Crippen LogP) is 1.78. The van der Waals surface area contributed by atoms with E-state index in [1.807, 2.05) is 13.8 Å². The van der Waals surface area contributed by atoms with Gasteiger partial charge < -0.3 is 5.32 Å². The highest BCUT2D eigenvalue weighted by Gasteiger charge is 2.18. The van der Waals surface area contributed by atoms with Crippen LogP contribution in [0.5, 0.6) is 0 Å². The molecule has 112 valence electrons. The molecule has 0 heterocycles. The van der Waals surface area contributed by atoms with E-state index in [1.54, 1.807) is 0 Å². The van der Waals surface area contributed by atoms with Gasteiger partial charge in [-0.05, 0) is 31.0 Å². The van der Waals surface area contributed by atoms with Gasteiger partial charge in [-0.2, -0.15) is 0 Å². The second-order valence-electron chi connectivity index (χ2n) is 4.56. The van der Waals surface area contributed by atoms with Gasteiger partial charge in [0.1, 0.15) is 10.7 Å². The Labute approximate surface area is 118 Å². The van der Waals surface area contributed by atoms with Crippen LogP contribution in [-0.2, 0) is 10.0 Å². The molecule has 1 aromatic carbocycles. The van der Waals surface area contributed by atoms with E-state index in [-0.39, 0.29) is 11.6 Å². The first kappa shape index (κ1) is 16.6. The zero-order valence-electron chi connectivity index (χ0n) is 11.5. The average Bonchev–Trinajstić information content (AvgIpc) is 2.37. The van der Waals surface area contributed by atoms with Crippen LogP contribution in [0.1, 0.15) is 43.5 Å². The molecule has 0 saturated carbocycles. The van der Waals surface area contributed by atoms with E-state index in [9.17, 15) is 17.6 Å². The lowest BCUT2D eigenvalue weighted by molar-refractivity contribution is 0.0933. The Morgan fingerprint density at radius 1 is 1.40 bits per heavy atom. The summed E-state index contributed by atoms with van der Waals surface area (Å²) < 4.78 is 35.8. The van der Waals surface area contributed by atoms with Gasteiger partial charge in [-0.3, -0.25) is 4.79 Å². The summed E-state index contributed by atoms with van der Waals surface area (Å²) in [5.41, 5.74) is 0.0741. The van der Waals surface area contributed by atoms with Crippen molar-refractivity contribution >= 4 is 15.9 Å². The normalized spacial score (nSPS) is 13.0. The molecule has 0 aromatic heterocycles. The van der Waals surface area contributed by atoms with Crippen molar-refractivity contribution in [2.45, 2.75) is 44.0 Å². The van der Waals surface area contributed by atoms with Crippen molar-refractivity contribution in [2.75, 3.05) is 0 Å². The zero-order chi connectivity index (χ0) is 15.3. The maximum Gasteiger partial charge on any atom is 0.251 e. The molecular formula is C13H19FN2O3S. The molecule has 0 radical (unpaired) electrons. The molecule has 5 nitrogen and oxygen atoms in total. The van der Waals surface area contributed by atoms with Crippen molar-refractivity contribution in [2.24, 2.45) is 5.14 Å². The van der Waals surface area contributed by atoms with Crippen LogP contribution < -0.4 is 10.5 Å². The number of hydrogen-bond donors (Lipinski definition) is 2. The SMILES string of the molecule is CCCC(CC)NC(=O)c1ccc(F)c(S(N)(=O)=O)c1. The fourth-order valence-corrected chi connectivity index (χ4v) is 2.49. The molecule has 1 unspecified atom stereocenters. The summed E-state index contributed by atoms with van der Waals surface area (Å²) in [5, 5.41) is 7.69. The maximum absolute atomic E-state index is 13.4. The van der Waals surface area contributed by atoms with Crippen molar-refractivity contribution in [1.82, 2.24) is 5.32 Å². The third kappa shape index (κ3) is 4.28. The molecular weight excluding hydrogens is 283 g/mol. The molecule has 7 heteroatoms. The Balaban J connectivity index is 3.00. The molecule has 0 saturated heterocycles. The van der Waals surface area contributed by atoms with E-state index in [0.717, 1.165) is 31.4 Å². The molecule has 1 rings (SSSR count). The molecule has 0 spiro atoms. The predicted molar refractivity (Wildman–Crippen MR) is 74.2 cm³/mol. The van der Waals surface area contributed by atoms with Gasteiger partial charge in [0.15, 0.2) is 0 Å². The summed E-state index contributed by atoms with van der Waals surface area (Å²) in [4.78, 5) is 11.3. The van der Waals surface area contributed by atoms with E-state index in [1.165, 1.54) is 6.07 Å². The van der Waals surface area contributed by atoms with Crippen LogP contribution in [0, 0.1) is 5.82 Å². The number of carbonyl (C=O) groups is 1. The minimum Gasteiger partial charge on any atom is -0.349 e.